The molecule has 0 spiro atoms. The van der Waals surface area contributed by atoms with Gasteiger partial charge in [0.05, 0.1) is 27.5 Å². The lowest BCUT2D eigenvalue weighted by atomic mass is 10.1. The first kappa shape index (κ1) is 19.2. The van der Waals surface area contributed by atoms with Crippen molar-refractivity contribution in [2.24, 2.45) is 0 Å². The molecule has 4 heterocycles. The Hall–Kier alpha value is -2.80. The molecule has 0 bridgehead atoms. The first-order valence-electron chi connectivity index (χ1n) is 9.76. The van der Waals surface area contributed by atoms with Gasteiger partial charge >= 0.3 is 0 Å². The Morgan fingerprint density at radius 1 is 1.07 bits per heavy atom. The van der Waals surface area contributed by atoms with E-state index in [0.29, 0.717) is 23.9 Å². The SMILES string of the molecule is O=c1[nH]c(-c2cccs2)nc2c1CN(Cc1cccc(-c3ccc(Cl)cc3)n1)CC2. The van der Waals surface area contributed by atoms with Crippen molar-refractivity contribution in [3.05, 3.63) is 92.3 Å². The number of pyridine rings is 1. The van der Waals surface area contributed by atoms with Crippen LogP contribution in [0.15, 0.2) is 64.8 Å². The Labute approximate surface area is 183 Å². The maximum atomic E-state index is 12.7. The van der Waals surface area contributed by atoms with Gasteiger partial charge in [0.15, 0.2) is 5.82 Å². The normalized spacial score (nSPS) is 13.9. The Kier molecular flexibility index (Phi) is 5.21. The Bertz CT molecular complexity index is 1240. The van der Waals surface area contributed by atoms with Crippen LogP contribution in [-0.4, -0.2) is 26.4 Å². The van der Waals surface area contributed by atoms with Crippen molar-refractivity contribution in [1.82, 2.24) is 19.9 Å². The number of hydrogen-bond acceptors (Lipinski definition) is 5. The van der Waals surface area contributed by atoms with Gasteiger partial charge in [0.1, 0.15) is 0 Å². The van der Waals surface area contributed by atoms with Gasteiger partial charge in [0.2, 0.25) is 0 Å². The summed E-state index contributed by atoms with van der Waals surface area (Å²) >= 11 is 7.57. The van der Waals surface area contributed by atoms with Crippen molar-refractivity contribution in [2.75, 3.05) is 6.54 Å². The molecule has 5 rings (SSSR count). The maximum Gasteiger partial charge on any atom is 0.255 e. The summed E-state index contributed by atoms with van der Waals surface area (Å²) < 4.78 is 0. The van der Waals surface area contributed by atoms with Crippen LogP contribution in [0, 0.1) is 0 Å². The van der Waals surface area contributed by atoms with Gasteiger partial charge in [-0.25, -0.2) is 4.98 Å². The fraction of sp³-hybridized carbons (Fsp3) is 0.174. The van der Waals surface area contributed by atoms with E-state index >= 15 is 0 Å². The Balaban J connectivity index is 1.35. The number of nitrogens with one attached hydrogen (secondary N) is 1. The Morgan fingerprint density at radius 3 is 2.73 bits per heavy atom. The number of halogens is 1. The summed E-state index contributed by atoms with van der Waals surface area (Å²) in [7, 11) is 0. The molecule has 0 saturated heterocycles. The molecule has 1 aromatic carbocycles. The minimum Gasteiger partial charge on any atom is -0.306 e. The van der Waals surface area contributed by atoms with Crippen LogP contribution in [0.3, 0.4) is 0 Å². The number of hydrogen-bond donors (Lipinski definition) is 1. The van der Waals surface area contributed by atoms with Gasteiger partial charge in [-0.15, -0.1) is 11.3 Å². The number of benzene rings is 1. The second-order valence-electron chi connectivity index (χ2n) is 7.30. The van der Waals surface area contributed by atoms with Gasteiger partial charge in [-0.2, -0.15) is 0 Å². The van der Waals surface area contributed by atoms with E-state index in [1.165, 1.54) is 0 Å². The molecule has 5 nitrogen and oxygen atoms in total. The summed E-state index contributed by atoms with van der Waals surface area (Å²) in [6, 6.07) is 17.7. The first-order valence-corrected chi connectivity index (χ1v) is 11.0. The van der Waals surface area contributed by atoms with Gasteiger partial charge in [0, 0.05) is 36.6 Å². The molecule has 0 radical (unpaired) electrons. The molecular weight excluding hydrogens is 416 g/mol. The van der Waals surface area contributed by atoms with E-state index in [1.807, 2.05) is 60.0 Å². The summed E-state index contributed by atoms with van der Waals surface area (Å²) in [4.78, 5) is 28.4. The van der Waals surface area contributed by atoms with E-state index in [4.69, 9.17) is 21.6 Å². The van der Waals surface area contributed by atoms with Crippen LogP contribution in [0.1, 0.15) is 17.0 Å². The van der Waals surface area contributed by atoms with E-state index in [-0.39, 0.29) is 5.56 Å². The largest absolute Gasteiger partial charge is 0.306 e. The number of aromatic amines is 1. The summed E-state index contributed by atoms with van der Waals surface area (Å²) in [5.74, 6) is 0.666. The van der Waals surface area contributed by atoms with E-state index in [0.717, 1.165) is 46.1 Å². The molecule has 3 aromatic heterocycles. The standard InChI is InChI=1S/C23H19ClN4OS/c24-16-8-6-15(7-9-16)19-4-1-3-17(25-19)13-28-11-10-20-18(14-28)23(29)27-22(26-20)21-5-2-12-30-21/h1-9,12H,10-11,13-14H2,(H,26,27,29). The quantitative estimate of drug-likeness (QED) is 0.502. The highest BCUT2D eigenvalue weighted by molar-refractivity contribution is 7.13. The molecule has 0 aliphatic carbocycles. The molecular formula is C23H19ClN4OS. The average Bonchev–Trinajstić information content (AvgIpc) is 3.30. The molecule has 30 heavy (non-hydrogen) atoms. The van der Waals surface area contributed by atoms with Gasteiger partial charge in [-0.1, -0.05) is 35.9 Å². The van der Waals surface area contributed by atoms with Crippen LogP contribution in [-0.2, 0) is 19.5 Å². The van der Waals surface area contributed by atoms with Crippen molar-refractivity contribution in [1.29, 1.82) is 0 Å². The zero-order chi connectivity index (χ0) is 20.5. The monoisotopic (exact) mass is 434 g/mol. The summed E-state index contributed by atoms with van der Waals surface area (Å²) in [6.07, 6.45) is 0.758. The smallest absolute Gasteiger partial charge is 0.255 e. The third-order valence-corrected chi connectivity index (χ3v) is 6.36. The van der Waals surface area contributed by atoms with Gasteiger partial charge in [-0.3, -0.25) is 14.7 Å². The summed E-state index contributed by atoms with van der Waals surface area (Å²) in [5, 5.41) is 2.70. The molecule has 1 N–H and O–H groups in total. The lowest BCUT2D eigenvalue weighted by Crippen LogP contribution is -2.35. The van der Waals surface area contributed by atoms with Crippen molar-refractivity contribution >= 4 is 22.9 Å². The lowest BCUT2D eigenvalue weighted by molar-refractivity contribution is 0.239. The number of nitrogens with zero attached hydrogens (tertiary/aromatic N) is 3. The van der Waals surface area contributed by atoms with Crippen molar-refractivity contribution in [3.8, 4) is 22.0 Å². The van der Waals surface area contributed by atoms with Crippen molar-refractivity contribution in [3.63, 3.8) is 0 Å². The number of aromatic nitrogens is 3. The molecule has 0 fully saturated rings. The van der Waals surface area contributed by atoms with Crippen LogP contribution in [0.2, 0.25) is 5.02 Å². The molecule has 0 atom stereocenters. The lowest BCUT2D eigenvalue weighted by Gasteiger charge is -2.27. The van der Waals surface area contributed by atoms with Crippen LogP contribution in [0.4, 0.5) is 0 Å². The topological polar surface area (TPSA) is 61.9 Å². The van der Waals surface area contributed by atoms with Crippen LogP contribution >= 0.6 is 22.9 Å². The third-order valence-electron chi connectivity index (χ3n) is 5.23. The number of fused-ring (bicyclic) bond motifs is 1. The van der Waals surface area contributed by atoms with Crippen LogP contribution in [0.5, 0.6) is 0 Å². The molecule has 7 heteroatoms. The zero-order valence-electron chi connectivity index (χ0n) is 16.1. The second kappa shape index (κ2) is 8.14. The summed E-state index contributed by atoms with van der Waals surface area (Å²) in [5.41, 5.74) is 4.55. The van der Waals surface area contributed by atoms with Crippen LogP contribution in [0.25, 0.3) is 22.0 Å². The van der Waals surface area contributed by atoms with Gasteiger partial charge in [0.25, 0.3) is 5.56 Å². The molecule has 0 unspecified atom stereocenters. The van der Waals surface area contributed by atoms with E-state index < -0.39 is 0 Å². The first-order chi connectivity index (χ1) is 14.7. The number of rotatable bonds is 4. The fourth-order valence-electron chi connectivity index (χ4n) is 3.72. The number of H-pyrrole nitrogens is 1. The Morgan fingerprint density at radius 2 is 1.93 bits per heavy atom. The van der Waals surface area contributed by atoms with Gasteiger partial charge in [-0.05, 0) is 35.7 Å². The predicted molar refractivity (Wildman–Crippen MR) is 121 cm³/mol. The predicted octanol–water partition coefficient (Wildman–Crippen LogP) is 4.77. The molecule has 4 aromatic rings. The highest BCUT2D eigenvalue weighted by Crippen LogP contribution is 2.24. The highest BCUT2D eigenvalue weighted by Gasteiger charge is 2.22. The second-order valence-corrected chi connectivity index (χ2v) is 8.68. The van der Waals surface area contributed by atoms with Crippen molar-refractivity contribution < 1.29 is 0 Å². The minimum absolute atomic E-state index is 0.0454. The van der Waals surface area contributed by atoms with Crippen molar-refractivity contribution in [2.45, 2.75) is 19.5 Å². The molecule has 1 aliphatic heterocycles. The molecule has 0 amide bonds. The maximum absolute atomic E-state index is 12.7. The van der Waals surface area contributed by atoms with Crippen LogP contribution < -0.4 is 5.56 Å². The van der Waals surface area contributed by atoms with E-state index in [9.17, 15) is 4.79 Å². The molecule has 0 saturated carbocycles. The zero-order valence-corrected chi connectivity index (χ0v) is 17.7. The van der Waals surface area contributed by atoms with E-state index in [1.54, 1.807) is 11.3 Å². The summed E-state index contributed by atoms with van der Waals surface area (Å²) in [6.45, 7) is 2.11. The molecule has 150 valence electrons. The number of thiophene rings is 1. The molecule has 1 aliphatic rings. The minimum atomic E-state index is -0.0454. The van der Waals surface area contributed by atoms with Gasteiger partial charge < -0.3 is 4.98 Å². The highest BCUT2D eigenvalue weighted by atomic mass is 35.5. The van der Waals surface area contributed by atoms with E-state index in [2.05, 4.69) is 9.88 Å². The third kappa shape index (κ3) is 3.94. The average molecular weight is 435 g/mol. The fourth-order valence-corrected chi connectivity index (χ4v) is 4.52.